The minimum Gasteiger partial charge on any atom is -0.490 e. The second-order valence-electron chi connectivity index (χ2n) is 15.0. The zero-order valence-corrected chi connectivity index (χ0v) is 33.3. The molecule has 1 aliphatic heterocycles. The molecule has 53 heavy (non-hydrogen) atoms. The number of rotatable bonds is 9. The molecule has 0 saturated carbocycles. The van der Waals surface area contributed by atoms with Crippen LogP contribution < -0.4 is 8.92 Å². The largest absolute Gasteiger partial charge is 0.534 e. The summed E-state index contributed by atoms with van der Waals surface area (Å²) in [5, 5.41) is 5.73. The molecule has 1 amide bonds. The molecule has 4 aromatic rings. The number of halogens is 5. The molecular weight excluding hydrogens is 764 g/mol. The van der Waals surface area contributed by atoms with E-state index in [1.165, 1.54) is 22.4 Å². The molecular formula is C34H41F5N4O7S2Si. The maximum absolute atomic E-state index is 16.1. The first-order valence-electron chi connectivity index (χ1n) is 16.6. The average Bonchev–Trinajstić information content (AvgIpc) is 3.66. The lowest BCUT2D eigenvalue weighted by molar-refractivity contribution is -0.0500. The van der Waals surface area contributed by atoms with Gasteiger partial charge in [-0.05, 0) is 63.3 Å². The van der Waals surface area contributed by atoms with Gasteiger partial charge in [-0.3, -0.25) is 9.58 Å². The summed E-state index contributed by atoms with van der Waals surface area (Å²) in [6.45, 7) is 17.5. The minimum absolute atomic E-state index is 0.0200. The number of carbonyl (C=O) groups excluding carboxylic acids is 1. The van der Waals surface area contributed by atoms with Crippen LogP contribution in [0.5, 0.6) is 11.6 Å². The SMILES string of the molecule is C[C@@H]1c2cc(-c3nc(OS(=O)(=O)C(F)(F)F)c4ccsc4c3-c3c(F)cc(F)cc3OCCO[Si](C)(C)C(C)(C)C)nn2CCN1C(=O)OC(C)(C)C. The first-order valence-corrected chi connectivity index (χ1v) is 21.8. The Kier molecular flexibility index (Phi) is 10.8. The maximum Gasteiger partial charge on any atom is 0.534 e. The van der Waals surface area contributed by atoms with E-state index in [4.69, 9.17) is 13.9 Å². The molecule has 1 aliphatic rings. The highest BCUT2D eigenvalue weighted by Crippen LogP contribution is 2.48. The summed E-state index contributed by atoms with van der Waals surface area (Å²) >= 11 is 0.931. The minimum atomic E-state index is -6.20. The van der Waals surface area contributed by atoms with Crippen LogP contribution in [0.3, 0.4) is 0 Å². The molecule has 0 spiro atoms. The summed E-state index contributed by atoms with van der Waals surface area (Å²) in [6, 6.07) is 3.75. The fourth-order valence-electron chi connectivity index (χ4n) is 5.39. The van der Waals surface area contributed by atoms with Gasteiger partial charge in [0.05, 0.1) is 40.5 Å². The Morgan fingerprint density at radius 3 is 2.32 bits per heavy atom. The number of hydrogen-bond donors (Lipinski definition) is 0. The van der Waals surface area contributed by atoms with Crippen LogP contribution in [-0.4, -0.2) is 73.4 Å². The number of aromatic nitrogens is 3. The molecule has 0 saturated heterocycles. The third-order valence-corrected chi connectivity index (χ3v) is 15.5. The van der Waals surface area contributed by atoms with Crippen molar-refractivity contribution in [1.82, 2.24) is 19.7 Å². The van der Waals surface area contributed by atoms with E-state index in [2.05, 4.69) is 35.0 Å². The lowest BCUT2D eigenvalue weighted by atomic mass is 9.98. The van der Waals surface area contributed by atoms with Gasteiger partial charge >= 0.3 is 21.7 Å². The number of fused-ring (bicyclic) bond motifs is 2. The predicted octanol–water partition coefficient (Wildman–Crippen LogP) is 9.05. The average molecular weight is 805 g/mol. The van der Waals surface area contributed by atoms with E-state index in [0.717, 1.165) is 17.4 Å². The van der Waals surface area contributed by atoms with Crippen molar-refractivity contribution < 1.29 is 53.2 Å². The molecule has 290 valence electrons. The van der Waals surface area contributed by atoms with E-state index in [1.54, 1.807) is 32.4 Å². The molecule has 3 aromatic heterocycles. The first kappa shape index (κ1) is 40.4. The van der Waals surface area contributed by atoms with Crippen LogP contribution in [0.25, 0.3) is 32.6 Å². The van der Waals surface area contributed by atoms with E-state index < -0.39 is 59.2 Å². The number of alkyl halides is 3. The number of thiophene rings is 1. The van der Waals surface area contributed by atoms with Gasteiger partial charge in [0, 0.05) is 24.2 Å². The van der Waals surface area contributed by atoms with Crippen molar-refractivity contribution in [2.24, 2.45) is 0 Å². The molecule has 5 rings (SSSR count). The van der Waals surface area contributed by atoms with Crippen molar-refractivity contribution >= 4 is 46.0 Å². The van der Waals surface area contributed by atoms with Crippen LogP contribution in [0.1, 0.15) is 60.2 Å². The van der Waals surface area contributed by atoms with Gasteiger partial charge in [-0.15, -0.1) is 11.3 Å². The first-order chi connectivity index (χ1) is 24.3. The highest BCUT2D eigenvalue weighted by Gasteiger charge is 2.49. The highest BCUT2D eigenvalue weighted by molar-refractivity contribution is 7.88. The highest BCUT2D eigenvalue weighted by atomic mass is 32.2. The van der Waals surface area contributed by atoms with Gasteiger partial charge in [-0.1, -0.05) is 20.8 Å². The second kappa shape index (κ2) is 14.1. The van der Waals surface area contributed by atoms with Gasteiger partial charge in [0.2, 0.25) is 5.88 Å². The van der Waals surface area contributed by atoms with Crippen molar-refractivity contribution in [3.8, 4) is 34.1 Å². The number of amides is 1. The number of nitrogens with zero attached hydrogens (tertiary/aromatic N) is 4. The fraction of sp³-hybridized carbons (Fsp3) is 0.500. The molecule has 0 fully saturated rings. The van der Waals surface area contributed by atoms with E-state index >= 15 is 4.39 Å². The molecule has 0 aliphatic carbocycles. The predicted molar refractivity (Wildman–Crippen MR) is 192 cm³/mol. The fourth-order valence-corrected chi connectivity index (χ4v) is 7.78. The molecule has 11 nitrogen and oxygen atoms in total. The maximum atomic E-state index is 16.1. The van der Waals surface area contributed by atoms with Crippen LogP contribution in [0, 0.1) is 11.6 Å². The molecule has 1 aromatic carbocycles. The van der Waals surface area contributed by atoms with Crippen molar-refractivity contribution in [2.75, 3.05) is 19.8 Å². The topological polar surface area (TPSA) is 122 Å². The van der Waals surface area contributed by atoms with Crippen molar-refractivity contribution in [3.63, 3.8) is 0 Å². The Balaban J connectivity index is 1.68. The quantitative estimate of drug-likeness (QED) is 0.0536. The number of pyridine rings is 1. The summed E-state index contributed by atoms with van der Waals surface area (Å²) in [7, 11) is -8.42. The van der Waals surface area contributed by atoms with Crippen molar-refractivity contribution in [1.29, 1.82) is 0 Å². The van der Waals surface area contributed by atoms with Crippen LogP contribution in [-0.2, 0) is 25.8 Å². The molecule has 0 bridgehead atoms. The van der Waals surface area contributed by atoms with Crippen molar-refractivity contribution in [3.05, 3.63) is 47.0 Å². The van der Waals surface area contributed by atoms with Crippen molar-refractivity contribution in [2.45, 2.75) is 90.3 Å². The third kappa shape index (κ3) is 8.31. The number of carbonyl (C=O) groups is 1. The van der Waals surface area contributed by atoms with Gasteiger partial charge in [-0.2, -0.15) is 26.7 Å². The zero-order valence-electron chi connectivity index (χ0n) is 30.6. The molecule has 0 radical (unpaired) electrons. The Morgan fingerprint density at radius 2 is 1.70 bits per heavy atom. The van der Waals surface area contributed by atoms with Crippen LogP contribution in [0.2, 0.25) is 18.1 Å². The summed E-state index contributed by atoms with van der Waals surface area (Å²) in [6.07, 6.45) is -0.585. The molecule has 1 atom stereocenters. The summed E-state index contributed by atoms with van der Waals surface area (Å²) in [5.41, 5.74) is -6.75. The monoisotopic (exact) mass is 804 g/mol. The Labute approximate surface area is 309 Å². The third-order valence-electron chi connectivity index (χ3n) is 9.05. The smallest absolute Gasteiger partial charge is 0.490 e. The number of benzene rings is 1. The Hall–Kier alpha value is -3.81. The van der Waals surface area contributed by atoms with E-state index in [-0.39, 0.29) is 69.7 Å². The van der Waals surface area contributed by atoms with Gasteiger partial charge in [-0.25, -0.2) is 18.6 Å². The normalized spacial score (nSPS) is 15.8. The number of hydrogen-bond acceptors (Lipinski definition) is 10. The second-order valence-corrected chi connectivity index (χ2v) is 22.3. The van der Waals surface area contributed by atoms with E-state index in [1.807, 2.05) is 13.1 Å². The lowest BCUT2D eigenvalue weighted by Gasteiger charge is -2.36. The lowest BCUT2D eigenvalue weighted by Crippen LogP contribution is -2.43. The summed E-state index contributed by atoms with van der Waals surface area (Å²) in [4.78, 5) is 18.8. The van der Waals surface area contributed by atoms with E-state index in [0.29, 0.717) is 11.8 Å². The number of ether oxygens (including phenoxy) is 2. The molecule has 0 N–H and O–H groups in total. The Bertz CT molecular complexity index is 2140. The van der Waals surface area contributed by atoms with Gasteiger partial charge < -0.3 is 18.1 Å². The summed E-state index contributed by atoms with van der Waals surface area (Å²) in [5.74, 6) is -3.25. The zero-order chi connectivity index (χ0) is 39.5. The van der Waals surface area contributed by atoms with Crippen LogP contribution >= 0.6 is 11.3 Å². The Morgan fingerprint density at radius 1 is 1.02 bits per heavy atom. The molecule has 19 heteroatoms. The van der Waals surface area contributed by atoms with Crippen LogP contribution in [0.15, 0.2) is 29.6 Å². The summed E-state index contributed by atoms with van der Waals surface area (Å²) < 4.78 is 120. The van der Waals surface area contributed by atoms with Gasteiger partial charge in [0.25, 0.3) is 0 Å². The van der Waals surface area contributed by atoms with Gasteiger partial charge in [0.15, 0.2) is 8.32 Å². The molecule has 0 unspecified atom stereocenters. The van der Waals surface area contributed by atoms with Crippen LogP contribution in [0.4, 0.5) is 26.7 Å². The van der Waals surface area contributed by atoms with Gasteiger partial charge in [0.1, 0.15) is 41.0 Å². The standard InChI is InChI=1S/C34H41F5N4O7S2Si/c1-19-24-18-23(41-43(24)12-11-42(19)31(44)49-32(2,3)4)28-27(29-21(10-15-51-29)30(40-28)50-52(45,46)34(37,38)39)26-22(36)16-20(35)17-25(26)47-13-14-48-53(8,9)33(5,6)7/h10,15-19H,11-14H2,1-9H3/t19-/m1/s1. The van der Waals surface area contributed by atoms with E-state index in [9.17, 15) is 30.8 Å². The molecule has 4 heterocycles.